The van der Waals surface area contributed by atoms with Crippen LogP contribution in [0.25, 0.3) is 0 Å². The average molecular weight is 380 g/mol. The topological polar surface area (TPSA) is 82.9 Å². The van der Waals surface area contributed by atoms with Gasteiger partial charge in [-0.1, -0.05) is 11.6 Å². The number of halogens is 2. The number of amides is 3. The maximum absolute atomic E-state index is 13.1. The van der Waals surface area contributed by atoms with Gasteiger partial charge in [0.2, 0.25) is 0 Å². The molecular formula is C17H15ClFN3O4. The molecule has 0 atom stereocenters. The van der Waals surface area contributed by atoms with Crippen molar-refractivity contribution in [1.29, 1.82) is 0 Å². The summed E-state index contributed by atoms with van der Waals surface area (Å²) in [5.74, 6) is -2.22. The standard InChI is InChI=1S/C17H15ClFN3O4/c18-12-10-11(3-4-13(12)19)20-15(23)17(25)22-7-5-21(6-8-22)16(24)14-2-1-9-26-14/h1-4,9-10H,5-8H2,(H,20,23). The van der Waals surface area contributed by atoms with Crippen molar-refractivity contribution in [2.45, 2.75) is 0 Å². The summed E-state index contributed by atoms with van der Waals surface area (Å²) in [7, 11) is 0. The summed E-state index contributed by atoms with van der Waals surface area (Å²) < 4.78 is 18.2. The predicted molar refractivity (Wildman–Crippen MR) is 91.2 cm³/mol. The molecule has 1 aliphatic heterocycles. The SMILES string of the molecule is O=C(Nc1ccc(F)c(Cl)c1)C(=O)N1CCN(C(=O)c2ccco2)CC1. The number of piperazine rings is 1. The lowest BCUT2D eigenvalue weighted by Gasteiger charge is -2.33. The summed E-state index contributed by atoms with van der Waals surface area (Å²) >= 11 is 5.65. The lowest BCUT2D eigenvalue weighted by atomic mass is 10.2. The van der Waals surface area contributed by atoms with Crippen LogP contribution in [0.4, 0.5) is 10.1 Å². The van der Waals surface area contributed by atoms with E-state index in [9.17, 15) is 18.8 Å². The zero-order valence-electron chi connectivity index (χ0n) is 13.6. The first-order chi connectivity index (χ1) is 12.5. The first-order valence-corrected chi connectivity index (χ1v) is 8.21. The summed E-state index contributed by atoms with van der Waals surface area (Å²) in [6, 6.07) is 6.83. The second-order valence-electron chi connectivity index (χ2n) is 5.64. The van der Waals surface area contributed by atoms with Crippen molar-refractivity contribution >= 4 is 35.0 Å². The zero-order chi connectivity index (χ0) is 18.7. The van der Waals surface area contributed by atoms with Crippen LogP contribution in [-0.2, 0) is 9.59 Å². The molecule has 1 fully saturated rings. The molecule has 1 aromatic carbocycles. The van der Waals surface area contributed by atoms with E-state index in [1.165, 1.54) is 23.3 Å². The number of rotatable bonds is 2. The van der Waals surface area contributed by atoms with Crippen LogP contribution in [0.2, 0.25) is 5.02 Å². The Morgan fingerprint density at radius 2 is 1.77 bits per heavy atom. The highest BCUT2D eigenvalue weighted by atomic mass is 35.5. The molecule has 1 aliphatic rings. The Morgan fingerprint density at radius 1 is 1.08 bits per heavy atom. The number of furan rings is 1. The third kappa shape index (κ3) is 3.85. The van der Waals surface area contributed by atoms with Gasteiger partial charge in [0.25, 0.3) is 5.91 Å². The number of nitrogens with one attached hydrogen (secondary N) is 1. The molecule has 0 bridgehead atoms. The van der Waals surface area contributed by atoms with Gasteiger partial charge in [0.15, 0.2) is 5.76 Å². The molecule has 0 radical (unpaired) electrons. The van der Waals surface area contributed by atoms with Gasteiger partial charge < -0.3 is 19.5 Å². The van der Waals surface area contributed by atoms with Gasteiger partial charge >= 0.3 is 11.8 Å². The van der Waals surface area contributed by atoms with Gasteiger partial charge in [0, 0.05) is 31.9 Å². The summed E-state index contributed by atoms with van der Waals surface area (Å²) in [5, 5.41) is 2.23. The Balaban J connectivity index is 1.55. The maximum atomic E-state index is 13.1. The first kappa shape index (κ1) is 17.9. The van der Waals surface area contributed by atoms with Crippen molar-refractivity contribution in [3.63, 3.8) is 0 Å². The van der Waals surface area contributed by atoms with E-state index in [0.717, 1.165) is 6.07 Å². The minimum absolute atomic E-state index is 0.152. The molecule has 1 saturated heterocycles. The second kappa shape index (κ2) is 7.57. The fraction of sp³-hybridized carbons (Fsp3) is 0.235. The second-order valence-corrected chi connectivity index (χ2v) is 6.05. The van der Waals surface area contributed by atoms with Crippen LogP contribution in [0.15, 0.2) is 41.0 Å². The number of hydrogen-bond acceptors (Lipinski definition) is 4. The summed E-state index contributed by atoms with van der Waals surface area (Å²) in [5.41, 5.74) is 0.224. The average Bonchev–Trinajstić information content (AvgIpc) is 3.18. The predicted octanol–water partition coefficient (Wildman–Crippen LogP) is 2.00. The maximum Gasteiger partial charge on any atom is 0.313 e. The van der Waals surface area contributed by atoms with Gasteiger partial charge in [-0.3, -0.25) is 14.4 Å². The monoisotopic (exact) mass is 379 g/mol. The number of nitrogens with zero attached hydrogens (tertiary/aromatic N) is 2. The number of anilines is 1. The van der Waals surface area contributed by atoms with Crippen molar-refractivity contribution in [1.82, 2.24) is 9.80 Å². The molecule has 7 nitrogen and oxygen atoms in total. The highest BCUT2D eigenvalue weighted by molar-refractivity contribution is 6.39. The van der Waals surface area contributed by atoms with E-state index < -0.39 is 17.6 Å². The molecule has 0 aliphatic carbocycles. The Bertz CT molecular complexity index is 833. The van der Waals surface area contributed by atoms with Gasteiger partial charge in [-0.2, -0.15) is 0 Å². The Hall–Kier alpha value is -2.87. The number of hydrogen-bond donors (Lipinski definition) is 1. The highest BCUT2D eigenvalue weighted by Crippen LogP contribution is 2.19. The van der Waals surface area contributed by atoms with E-state index in [4.69, 9.17) is 16.0 Å². The molecule has 0 spiro atoms. The van der Waals surface area contributed by atoms with Gasteiger partial charge in [-0.05, 0) is 30.3 Å². The number of carbonyl (C=O) groups is 3. The minimum Gasteiger partial charge on any atom is -0.459 e. The van der Waals surface area contributed by atoms with Crippen molar-refractivity contribution in [3.8, 4) is 0 Å². The van der Waals surface area contributed by atoms with Crippen molar-refractivity contribution < 1.29 is 23.2 Å². The van der Waals surface area contributed by atoms with Crippen molar-refractivity contribution in [2.75, 3.05) is 31.5 Å². The number of benzene rings is 1. The van der Waals surface area contributed by atoms with E-state index in [2.05, 4.69) is 5.32 Å². The minimum atomic E-state index is -0.849. The van der Waals surface area contributed by atoms with Gasteiger partial charge in [0.05, 0.1) is 11.3 Å². The van der Waals surface area contributed by atoms with Gasteiger partial charge in [-0.25, -0.2) is 4.39 Å². The zero-order valence-corrected chi connectivity index (χ0v) is 14.3. The largest absolute Gasteiger partial charge is 0.459 e. The van der Waals surface area contributed by atoms with E-state index >= 15 is 0 Å². The van der Waals surface area contributed by atoms with E-state index in [1.54, 1.807) is 17.0 Å². The van der Waals surface area contributed by atoms with Crippen LogP contribution in [-0.4, -0.2) is 53.7 Å². The Morgan fingerprint density at radius 3 is 2.38 bits per heavy atom. The lowest BCUT2D eigenvalue weighted by molar-refractivity contribution is -0.144. The first-order valence-electron chi connectivity index (χ1n) is 7.84. The van der Waals surface area contributed by atoms with E-state index in [1.807, 2.05) is 0 Å². The van der Waals surface area contributed by atoms with Crippen LogP contribution in [0.1, 0.15) is 10.6 Å². The molecule has 2 heterocycles. The Labute approximate surface area is 153 Å². The molecular weight excluding hydrogens is 365 g/mol. The molecule has 2 aromatic rings. The van der Waals surface area contributed by atoms with Crippen molar-refractivity contribution in [3.05, 3.63) is 53.2 Å². The summed E-state index contributed by atoms with van der Waals surface area (Å²) in [6.07, 6.45) is 1.42. The Kier molecular flexibility index (Phi) is 5.22. The van der Waals surface area contributed by atoms with Crippen LogP contribution in [0.5, 0.6) is 0 Å². The van der Waals surface area contributed by atoms with E-state index in [0.29, 0.717) is 13.1 Å². The molecule has 26 heavy (non-hydrogen) atoms. The van der Waals surface area contributed by atoms with Crippen LogP contribution < -0.4 is 5.32 Å². The van der Waals surface area contributed by atoms with E-state index in [-0.39, 0.29) is 35.5 Å². The molecule has 1 aromatic heterocycles. The van der Waals surface area contributed by atoms with Crippen molar-refractivity contribution in [2.24, 2.45) is 0 Å². The normalized spacial score (nSPS) is 14.2. The number of carbonyl (C=O) groups excluding carboxylic acids is 3. The molecule has 3 amide bonds. The van der Waals surface area contributed by atoms with Crippen LogP contribution in [0.3, 0.4) is 0 Å². The molecule has 0 saturated carbocycles. The third-order valence-electron chi connectivity index (χ3n) is 3.96. The smallest absolute Gasteiger partial charge is 0.313 e. The molecule has 9 heteroatoms. The van der Waals surface area contributed by atoms with Crippen LogP contribution in [0, 0.1) is 5.82 Å². The lowest BCUT2D eigenvalue weighted by Crippen LogP contribution is -2.52. The molecule has 0 unspecified atom stereocenters. The van der Waals surface area contributed by atoms with Gasteiger partial charge in [-0.15, -0.1) is 0 Å². The molecule has 1 N–H and O–H groups in total. The van der Waals surface area contributed by atoms with Gasteiger partial charge in [0.1, 0.15) is 5.82 Å². The molecule has 3 rings (SSSR count). The van der Waals surface area contributed by atoms with Crippen LogP contribution >= 0.6 is 11.6 Å². The molecule has 136 valence electrons. The highest BCUT2D eigenvalue weighted by Gasteiger charge is 2.29. The summed E-state index contributed by atoms with van der Waals surface area (Å²) in [6.45, 7) is 1.04. The fourth-order valence-electron chi connectivity index (χ4n) is 2.57. The fourth-order valence-corrected chi connectivity index (χ4v) is 2.75. The quantitative estimate of drug-likeness (QED) is 0.809. The third-order valence-corrected chi connectivity index (χ3v) is 4.25. The summed E-state index contributed by atoms with van der Waals surface area (Å²) in [4.78, 5) is 39.4.